The van der Waals surface area contributed by atoms with Gasteiger partial charge >= 0.3 is 0 Å². The number of anilines is 1. The number of likely N-dealkylation sites (N-methyl/N-ethyl adjacent to an activating group) is 1. The third-order valence-electron chi connectivity index (χ3n) is 3.30. The van der Waals surface area contributed by atoms with Gasteiger partial charge in [-0.2, -0.15) is 9.40 Å². The van der Waals surface area contributed by atoms with Crippen LogP contribution in [0.5, 0.6) is 0 Å². The predicted molar refractivity (Wildman–Crippen MR) is 68.5 cm³/mol. The van der Waals surface area contributed by atoms with Gasteiger partial charge in [-0.15, -0.1) is 0 Å². The molecule has 8 heteroatoms. The van der Waals surface area contributed by atoms with Gasteiger partial charge in [0, 0.05) is 32.4 Å². The molecule has 2 N–H and O–H groups in total. The van der Waals surface area contributed by atoms with Crippen LogP contribution in [0.2, 0.25) is 0 Å². The highest BCUT2D eigenvalue weighted by Crippen LogP contribution is 2.25. The summed E-state index contributed by atoms with van der Waals surface area (Å²) in [5.41, 5.74) is 5.64. The summed E-state index contributed by atoms with van der Waals surface area (Å²) >= 11 is 0. The lowest BCUT2D eigenvalue weighted by atomic mass is 10.2. The maximum absolute atomic E-state index is 12.4. The number of aromatic nitrogens is 2. The number of rotatable bonds is 3. The van der Waals surface area contributed by atoms with Crippen molar-refractivity contribution < 1.29 is 8.42 Å². The van der Waals surface area contributed by atoms with E-state index in [9.17, 15) is 8.42 Å². The minimum absolute atomic E-state index is 0.0609. The van der Waals surface area contributed by atoms with Crippen molar-refractivity contribution in [2.45, 2.75) is 17.4 Å². The molecule has 1 unspecified atom stereocenters. The van der Waals surface area contributed by atoms with Crippen LogP contribution in [0.1, 0.15) is 6.42 Å². The lowest BCUT2D eigenvalue weighted by Crippen LogP contribution is -2.34. The van der Waals surface area contributed by atoms with E-state index in [1.54, 1.807) is 7.05 Å². The average molecular weight is 273 g/mol. The Morgan fingerprint density at radius 3 is 2.61 bits per heavy atom. The number of nitrogens with zero attached hydrogens (tertiary/aromatic N) is 4. The molecule has 1 aromatic heterocycles. The summed E-state index contributed by atoms with van der Waals surface area (Å²) in [4.78, 5) is 2.15. The van der Waals surface area contributed by atoms with Crippen molar-refractivity contribution in [3.05, 3.63) is 6.20 Å². The number of aryl methyl sites for hydroxylation is 1. The first-order valence-electron chi connectivity index (χ1n) is 5.78. The van der Waals surface area contributed by atoms with E-state index in [2.05, 4.69) is 5.10 Å². The van der Waals surface area contributed by atoms with Gasteiger partial charge in [0.1, 0.15) is 4.90 Å². The Bertz CT molecular complexity index is 536. The SMILES string of the molecule is CN(C)C1CCN(S(=O)(=O)c2cn(C)nc2N)C1. The monoisotopic (exact) mass is 273 g/mol. The number of nitrogen functional groups attached to an aromatic ring is 1. The largest absolute Gasteiger partial charge is 0.381 e. The molecule has 18 heavy (non-hydrogen) atoms. The van der Waals surface area contributed by atoms with Crippen LogP contribution in [0.25, 0.3) is 0 Å². The highest BCUT2D eigenvalue weighted by molar-refractivity contribution is 7.89. The summed E-state index contributed by atoms with van der Waals surface area (Å²) in [7, 11) is 2.05. The van der Waals surface area contributed by atoms with Crippen LogP contribution in [0.4, 0.5) is 5.82 Å². The molecule has 1 aliphatic heterocycles. The van der Waals surface area contributed by atoms with E-state index in [4.69, 9.17) is 5.73 Å². The van der Waals surface area contributed by atoms with Gasteiger partial charge < -0.3 is 10.6 Å². The van der Waals surface area contributed by atoms with Crippen molar-refractivity contribution in [1.29, 1.82) is 0 Å². The molecular formula is C10H19N5O2S. The molecule has 1 atom stereocenters. The van der Waals surface area contributed by atoms with E-state index in [-0.39, 0.29) is 16.8 Å². The number of sulfonamides is 1. The molecule has 0 aromatic carbocycles. The third kappa shape index (κ3) is 2.23. The Morgan fingerprint density at radius 1 is 1.50 bits per heavy atom. The number of hydrogen-bond acceptors (Lipinski definition) is 5. The van der Waals surface area contributed by atoms with Gasteiger partial charge in [0.2, 0.25) is 10.0 Å². The van der Waals surface area contributed by atoms with Gasteiger partial charge in [-0.1, -0.05) is 0 Å². The van der Waals surface area contributed by atoms with Crippen LogP contribution < -0.4 is 5.73 Å². The van der Waals surface area contributed by atoms with E-state index in [1.165, 1.54) is 15.2 Å². The Hall–Kier alpha value is -1.12. The van der Waals surface area contributed by atoms with Crippen LogP contribution in [-0.2, 0) is 17.1 Å². The van der Waals surface area contributed by atoms with Crippen LogP contribution in [0.3, 0.4) is 0 Å². The molecular weight excluding hydrogens is 254 g/mol. The van der Waals surface area contributed by atoms with Crippen LogP contribution >= 0.6 is 0 Å². The fourth-order valence-electron chi connectivity index (χ4n) is 2.17. The number of hydrogen-bond donors (Lipinski definition) is 1. The maximum atomic E-state index is 12.4. The van der Waals surface area contributed by atoms with Crippen molar-refractivity contribution in [3.8, 4) is 0 Å². The third-order valence-corrected chi connectivity index (χ3v) is 5.18. The molecule has 102 valence electrons. The van der Waals surface area contributed by atoms with Gasteiger partial charge in [-0.3, -0.25) is 4.68 Å². The summed E-state index contributed by atoms with van der Waals surface area (Å²) < 4.78 is 27.7. The lowest BCUT2D eigenvalue weighted by Gasteiger charge is -2.19. The minimum atomic E-state index is -3.52. The molecule has 0 amide bonds. The van der Waals surface area contributed by atoms with E-state index < -0.39 is 10.0 Å². The van der Waals surface area contributed by atoms with Crippen LogP contribution in [0.15, 0.2) is 11.1 Å². The van der Waals surface area contributed by atoms with Crippen LogP contribution in [0, 0.1) is 0 Å². The van der Waals surface area contributed by atoms with Gasteiger partial charge in [0.15, 0.2) is 5.82 Å². The summed E-state index contributed by atoms with van der Waals surface area (Å²) in [5, 5.41) is 3.88. The van der Waals surface area contributed by atoms with Gasteiger partial charge in [-0.25, -0.2) is 8.42 Å². The zero-order chi connectivity index (χ0) is 13.5. The highest BCUT2D eigenvalue weighted by Gasteiger charge is 2.35. The number of nitrogens with two attached hydrogens (primary N) is 1. The second-order valence-electron chi connectivity index (χ2n) is 4.82. The summed E-state index contributed by atoms with van der Waals surface area (Å²) in [6.45, 7) is 1.03. The van der Waals surface area contributed by atoms with Crippen molar-refractivity contribution in [2.24, 2.45) is 7.05 Å². The molecule has 0 saturated carbocycles. The van der Waals surface area contributed by atoms with Crippen LogP contribution in [-0.4, -0.2) is 60.6 Å². The topological polar surface area (TPSA) is 84.5 Å². The van der Waals surface area contributed by atoms with E-state index in [0.29, 0.717) is 13.1 Å². The van der Waals surface area contributed by atoms with Crippen molar-refractivity contribution in [1.82, 2.24) is 19.0 Å². The van der Waals surface area contributed by atoms with Gasteiger partial charge in [-0.05, 0) is 20.5 Å². The normalized spacial score (nSPS) is 21.9. The van der Waals surface area contributed by atoms with E-state index in [0.717, 1.165) is 6.42 Å². The Labute approximate surface area is 107 Å². The molecule has 2 rings (SSSR count). The van der Waals surface area contributed by atoms with Crippen molar-refractivity contribution >= 4 is 15.8 Å². The maximum Gasteiger partial charge on any atom is 0.248 e. The highest BCUT2D eigenvalue weighted by atomic mass is 32.2. The molecule has 7 nitrogen and oxygen atoms in total. The molecule has 0 aliphatic carbocycles. The van der Waals surface area contributed by atoms with Gasteiger partial charge in [0.05, 0.1) is 0 Å². The molecule has 1 aliphatic rings. The Kier molecular flexibility index (Phi) is 3.35. The van der Waals surface area contributed by atoms with E-state index in [1.807, 2.05) is 19.0 Å². The second kappa shape index (κ2) is 4.52. The first-order chi connectivity index (χ1) is 8.32. The summed E-state index contributed by atoms with van der Waals surface area (Å²) in [6, 6.07) is 0.262. The zero-order valence-electron chi connectivity index (χ0n) is 10.9. The molecule has 1 fully saturated rings. The summed E-state index contributed by atoms with van der Waals surface area (Å²) in [6.07, 6.45) is 2.29. The molecule has 1 aromatic rings. The van der Waals surface area contributed by atoms with Crippen molar-refractivity contribution in [3.63, 3.8) is 0 Å². The lowest BCUT2D eigenvalue weighted by molar-refractivity contribution is 0.302. The fraction of sp³-hybridized carbons (Fsp3) is 0.700. The first kappa shape index (κ1) is 13.3. The molecule has 0 bridgehead atoms. The zero-order valence-corrected chi connectivity index (χ0v) is 11.7. The molecule has 0 radical (unpaired) electrons. The first-order valence-corrected chi connectivity index (χ1v) is 7.22. The Balaban J connectivity index is 2.26. The smallest absolute Gasteiger partial charge is 0.248 e. The summed E-state index contributed by atoms with van der Waals surface area (Å²) in [5.74, 6) is 0.0609. The molecule has 1 saturated heterocycles. The van der Waals surface area contributed by atoms with E-state index >= 15 is 0 Å². The van der Waals surface area contributed by atoms with Crippen molar-refractivity contribution in [2.75, 3.05) is 32.9 Å². The Morgan fingerprint density at radius 2 is 2.17 bits per heavy atom. The average Bonchev–Trinajstić information content (AvgIpc) is 2.85. The predicted octanol–water partition coefficient (Wildman–Crippen LogP) is -0.673. The fourth-order valence-corrected chi connectivity index (χ4v) is 3.76. The standard InChI is InChI=1S/C10H19N5O2S/c1-13(2)8-4-5-15(6-8)18(16,17)9-7-14(3)12-10(9)11/h7-8H,4-6H2,1-3H3,(H2,11,12). The minimum Gasteiger partial charge on any atom is -0.381 e. The quantitative estimate of drug-likeness (QED) is 0.789. The second-order valence-corrected chi connectivity index (χ2v) is 6.73. The molecule has 0 spiro atoms. The molecule has 2 heterocycles. The van der Waals surface area contributed by atoms with Gasteiger partial charge in [0.25, 0.3) is 0 Å².